The van der Waals surface area contributed by atoms with Crippen LogP contribution in [0.4, 0.5) is 0 Å². The predicted octanol–water partition coefficient (Wildman–Crippen LogP) is 2.25. The monoisotopic (exact) mass is 180 g/mol. The van der Waals surface area contributed by atoms with Gasteiger partial charge in [0.15, 0.2) is 0 Å². The molecule has 2 heteroatoms. The van der Waals surface area contributed by atoms with Gasteiger partial charge in [-0.1, -0.05) is 24.3 Å². The zero-order valence-corrected chi connectivity index (χ0v) is 7.76. The van der Waals surface area contributed by atoms with E-state index in [-0.39, 0.29) is 0 Å². The molecule has 0 aromatic heterocycles. The van der Waals surface area contributed by atoms with Crippen molar-refractivity contribution >= 4 is 18.9 Å². The van der Waals surface area contributed by atoms with Gasteiger partial charge in [-0.2, -0.15) is 12.6 Å². The van der Waals surface area contributed by atoms with E-state index in [0.29, 0.717) is 6.42 Å². The van der Waals surface area contributed by atoms with E-state index in [4.69, 9.17) is 0 Å². The zero-order valence-electron chi connectivity index (χ0n) is 6.86. The molecule has 0 aliphatic heterocycles. The molecule has 0 bridgehead atoms. The molecule has 0 unspecified atom stereocenters. The van der Waals surface area contributed by atoms with Crippen molar-refractivity contribution in [2.75, 3.05) is 0 Å². The van der Waals surface area contributed by atoms with Gasteiger partial charge in [0.2, 0.25) is 0 Å². The second kappa shape index (κ2) is 4.99. The van der Waals surface area contributed by atoms with E-state index in [1.165, 1.54) is 11.1 Å². The van der Waals surface area contributed by atoms with Crippen LogP contribution in [0, 0.1) is 0 Å². The lowest BCUT2D eigenvalue weighted by molar-refractivity contribution is -0.107. The molecule has 0 saturated carbocycles. The number of hydrogen-bond donors (Lipinski definition) is 1. The van der Waals surface area contributed by atoms with Crippen LogP contribution in [-0.2, 0) is 17.0 Å². The highest BCUT2D eigenvalue weighted by Gasteiger charge is 1.92. The van der Waals surface area contributed by atoms with Gasteiger partial charge in [0.1, 0.15) is 6.29 Å². The lowest BCUT2D eigenvalue weighted by Gasteiger charge is -1.98. The van der Waals surface area contributed by atoms with Crippen molar-refractivity contribution in [2.45, 2.75) is 18.6 Å². The Morgan fingerprint density at radius 2 is 1.75 bits per heavy atom. The number of benzene rings is 1. The third-order valence-corrected chi connectivity index (χ3v) is 2.12. The summed E-state index contributed by atoms with van der Waals surface area (Å²) in [5.41, 5.74) is 2.43. The highest BCUT2D eigenvalue weighted by atomic mass is 32.1. The van der Waals surface area contributed by atoms with Crippen molar-refractivity contribution in [1.82, 2.24) is 0 Å². The molecule has 12 heavy (non-hydrogen) atoms. The molecule has 0 atom stereocenters. The quantitative estimate of drug-likeness (QED) is 0.555. The maximum atomic E-state index is 10.1. The van der Waals surface area contributed by atoms with E-state index < -0.39 is 0 Å². The van der Waals surface area contributed by atoms with E-state index in [9.17, 15) is 4.79 Å². The fraction of sp³-hybridized carbons (Fsp3) is 0.300. The third-order valence-electron chi connectivity index (χ3n) is 1.76. The molecule has 0 aliphatic carbocycles. The Labute approximate surface area is 78.2 Å². The van der Waals surface area contributed by atoms with Crippen molar-refractivity contribution in [3.63, 3.8) is 0 Å². The lowest BCUT2D eigenvalue weighted by atomic mass is 10.1. The van der Waals surface area contributed by atoms with Gasteiger partial charge < -0.3 is 4.79 Å². The van der Waals surface area contributed by atoms with Crippen LogP contribution in [0.5, 0.6) is 0 Å². The first-order valence-corrected chi connectivity index (χ1v) is 4.62. The van der Waals surface area contributed by atoms with Crippen molar-refractivity contribution in [3.8, 4) is 0 Å². The molecule has 0 aliphatic rings. The normalized spacial score (nSPS) is 9.75. The molecular weight excluding hydrogens is 168 g/mol. The van der Waals surface area contributed by atoms with Crippen LogP contribution in [0.3, 0.4) is 0 Å². The molecule has 0 amide bonds. The fourth-order valence-electron chi connectivity index (χ4n) is 1.04. The van der Waals surface area contributed by atoms with Gasteiger partial charge in [-0.25, -0.2) is 0 Å². The van der Waals surface area contributed by atoms with Crippen molar-refractivity contribution < 1.29 is 4.79 Å². The van der Waals surface area contributed by atoms with E-state index >= 15 is 0 Å². The SMILES string of the molecule is O=CCCc1ccc(CS)cc1. The first-order valence-electron chi connectivity index (χ1n) is 3.99. The summed E-state index contributed by atoms with van der Waals surface area (Å²) in [5, 5.41) is 0. The van der Waals surface area contributed by atoms with Gasteiger partial charge in [0.25, 0.3) is 0 Å². The summed E-state index contributed by atoms with van der Waals surface area (Å²) in [4.78, 5) is 10.1. The number of carbonyl (C=O) groups is 1. The fourth-order valence-corrected chi connectivity index (χ4v) is 1.25. The van der Waals surface area contributed by atoms with Gasteiger partial charge in [-0.05, 0) is 17.5 Å². The van der Waals surface area contributed by atoms with E-state index in [2.05, 4.69) is 24.8 Å². The van der Waals surface area contributed by atoms with Gasteiger partial charge in [-0.15, -0.1) is 0 Å². The highest BCUT2D eigenvalue weighted by Crippen LogP contribution is 2.07. The van der Waals surface area contributed by atoms with Crippen molar-refractivity contribution in [2.24, 2.45) is 0 Å². The number of hydrogen-bond acceptors (Lipinski definition) is 2. The molecule has 0 heterocycles. The molecule has 1 aromatic rings. The lowest BCUT2D eigenvalue weighted by Crippen LogP contribution is -1.86. The van der Waals surface area contributed by atoms with Gasteiger partial charge >= 0.3 is 0 Å². The van der Waals surface area contributed by atoms with Gasteiger partial charge in [0.05, 0.1) is 0 Å². The summed E-state index contributed by atoms with van der Waals surface area (Å²) in [6.45, 7) is 0. The van der Waals surface area contributed by atoms with Crippen LogP contribution in [0.25, 0.3) is 0 Å². The van der Waals surface area contributed by atoms with Crippen LogP contribution in [0.15, 0.2) is 24.3 Å². The van der Waals surface area contributed by atoms with Crippen molar-refractivity contribution in [3.05, 3.63) is 35.4 Å². The topological polar surface area (TPSA) is 17.1 Å². The molecule has 1 nitrogen and oxygen atoms in total. The van der Waals surface area contributed by atoms with Crippen LogP contribution < -0.4 is 0 Å². The number of rotatable bonds is 4. The average Bonchev–Trinajstić information content (AvgIpc) is 2.15. The Morgan fingerprint density at radius 3 is 2.25 bits per heavy atom. The maximum Gasteiger partial charge on any atom is 0.120 e. The van der Waals surface area contributed by atoms with Crippen molar-refractivity contribution in [1.29, 1.82) is 0 Å². The summed E-state index contributed by atoms with van der Waals surface area (Å²) < 4.78 is 0. The van der Waals surface area contributed by atoms with Crippen LogP contribution in [-0.4, -0.2) is 6.29 Å². The molecule has 64 valence electrons. The Hall–Kier alpha value is -0.760. The Morgan fingerprint density at radius 1 is 1.17 bits per heavy atom. The summed E-state index contributed by atoms with van der Waals surface area (Å²) >= 11 is 4.16. The first-order chi connectivity index (χ1) is 5.86. The first kappa shape index (κ1) is 9.33. The van der Waals surface area contributed by atoms with Gasteiger partial charge in [-0.3, -0.25) is 0 Å². The van der Waals surface area contributed by atoms with E-state index in [1.807, 2.05) is 12.1 Å². The second-order valence-electron chi connectivity index (χ2n) is 2.68. The van der Waals surface area contributed by atoms with Crippen LogP contribution in [0.2, 0.25) is 0 Å². The Bertz CT molecular complexity index is 241. The minimum atomic E-state index is 0.611. The predicted molar refractivity (Wildman–Crippen MR) is 53.5 cm³/mol. The second-order valence-corrected chi connectivity index (χ2v) is 3.00. The average molecular weight is 180 g/mol. The maximum absolute atomic E-state index is 10.1. The number of thiol groups is 1. The van der Waals surface area contributed by atoms with Crippen LogP contribution in [0.1, 0.15) is 17.5 Å². The molecule has 1 aromatic carbocycles. The third kappa shape index (κ3) is 2.70. The molecule has 0 saturated heterocycles. The summed E-state index contributed by atoms with van der Waals surface area (Å²) in [6.07, 6.45) is 2.41. The molecule has 0 radical (unpaired) electrons. The highest BCUT2D eigenvalue weighted by molar-refractivity contribution is 7.79. The summed E-state index contributed by atoms with van der Waals surface area (Å²) in [6, 6.07) is 8.20. The van der Waals surface area contributed by atoms with Gasteiger partial charge in [0, 0.05) is 12.2 Å². The minimum absolute atomic E-state index is 0.611. The van der Waals surface area contributed by atoms with Crippen LogP contribution >= 0.6 is 12.6 Å². The number of carbonyl (C=O) groups excluding carboxylic acids is 1. The smallest absolute Gasteiger partial charge is 0.120 e. The largest absolute Gasteiger partial charge is 0.303 e. The van der Waals surface area contributed by atoms with E-state index in [1.54, 1.807) is 0 Å². The number of aryl methyl sites for hydroxylation is 1. The molecule has 1 rings (SSSR count). The Kier molecular flexibility index (Phi) is 3.88. The minimum Gasteiger partial charge on any atom is -0.303 e. The molecule has 0 fully saturated rings. The number of aldehydes is 1. The summed E-state index contributed by atoms with van der Waals surface area (Å²) in [7, 11) is 0. The zero-order chi connectivity index (χ0) is 8.81. The summed E-state index contributed by atoms with van der Waals surface area (Å²) in [5.74, 6) is 0.772. The molecular formula is C10H12OS. The van der Waals surface area contributed by atoms with E-state index in [0.717, 1.165) is 18.5 Å². The molecule has 0 N–H and O–H groups in total. The molecule has 0 spiro atoms. The Balaban J connectivity index is 2.58. The standard InChI is InChI=1S/C10H12OS/c11-7-1-2-9-3-5-10(8-12)6-4-9/h3-7,12H,1-2,8H2.